The third-order valence-corrected chi connectivity index (χ3v) is 4.45. The molecule has 2 heterocycles. The van der Waals surface area contributed by atoms with Crippen molar-refractivity contribution in [1.29, 1.82) is 0 Å². The van der Waals surface area contributed by atoms with Crippen LogP contribution in [0, 0.1) is 0 Å². The molecule has 1 amide bonds. The molecule has 2 aromatic rings. The van der Waals surface area contributed by atoms with Crippen LogP contribution in [-0.4, -0.2) is 58.3 Å². The first-order valence-corrected chi connectivity index (χ1v) is 7.96. The van der Waals surface area contributed by atoms with Gasteiger partial charge < -0.3 is 14.7 Å². The predicted octanol–water partition coefficient (Wildman–Crippen LogP) is 1.35. The van der Waals surface area contributed by atoms with Crippen LogP contribution in [0.5, 0.6) is 5.75 Å². The standard InChI is InChI=1S/C17H20N4O4/c1-11-16(22)21(13-4-3-5-14(8-13)25-2)7-6-20(11)10-12-9-18-19-15(12)17(23)24/h3-5,8-9,11H,6-7,10H2,1-2H3,(H,18,19)(H,23,24)/t11-/m1/s1. The van der Waals surface area contributed by atoms with E-state index in [1.54, 1.807) is 12.0 Å². The van der Waals surface area contributed by atoms with Gasteiger partial charge in [-0.05, 0) is 19.1 Å². The smallest absolute Gasteiger partial charge is 0.354 e. The Hall–Kier alpha value is -2.87. The lowest BCUT2D eigenvalue weighted by molar-refractivity contribution is -0.125. The highest BCUT2D eigenvalue weighted by Crippen LogP contribution is 2.25. The summed E-state index contributed by atoms with van der Waals surface area (Å²) in [5, 5.41) is 15.4. The second kappa shape index (κ2) is 6.94. The van der Waals surface area contributed by atoms with E-state index in [0.29, 0.717) is 30.9 Å². The zero-order chi connectivity index (χ0) is 18.0. The lowest BCUT2D eigenvalue weighted by Crippen LogP contribution is -2.55. The first kappa shape index (κ1) is 17.0. The van der Waals surface area contributed by atoms with Gasteiger partial charge >= 0.3 is 5.97 Å². The molecule has 1 atom stereocenters. The SMILES string of the molecule is COc1cccc(N2CCN(Cc3cn[nH]c3C(=O)O)[C@H](C)C2=O)c1. The van der Waals surface area contributed by atoms with Crippen LogP contribution >= 0.6 is 0 Å². The molecule has 0 spiro atoms. The Labute approximate surface area is 145 Å². The topological polar surface area (TPSA) is 98.8 Å². The average molecular weight is 344 g/mol. The van der Waals surface area contributed by atoms with Gasteiger partial charge in [0.15, 0.2) is 0 Å². The van der Waals surface area contributed by atoms with Gasteiger partial charge in [-0.2, -0.15) is 5.10 Å². The third kappa shape index (κ3) is 3.34. The largest absolute Gasteiger partial charge is 0.497 e. The normalized spacial score (nSPS) is 18.4. The van der Waals surface area contributed by atoms with Crippen molar-refractivity contribution in [2.45, 2.75) is 19.5 Å². The van der Waals surface area contributed by atoms with Crippen LogP contribution in [0.15, 0.2) is 30.5 Å². The maximum absolute atomic E-state index is 12.8. The molecular formula is C17H20N4O4. The van der Waals surface area contributed by atoms with Gasteiger partial charge in [0.1, 0.15) is 11.4 Å². The molecule has 1 aliphatic rings. The Morgan fingerprint density at radius 2 is 2.24 bits per heavy atom. The molecule has 0 radical (unpaired) electrons. The number of carbonyl (C=O) groups is 2. The van der Waals surface area contributed by atoms with Crippen LogP contribution in [0.4, 0.5) is 5.69 Å². The summed E-state index contributed by atoms with van der Waals surface area (Å²) in [7, 11) is 1.59. The molecule has 1 saturated heterocycles. The molecule has 0 unspecified atom stereocenters. The van der Waals surface area contributed by atoms with Crippen molar-refractivity contribution < 1.29 is 19.4 Å². The minimum absolute atomic E-state index is 0.0279. The van der Waals surface area contributed by atoms with Crippen LogP contribution < -0.4 is 9.64 Å². The number of methoxy groups -OCH3 is 1. The number of aromatic amines is 1. The van der Waals surface area contributed by atoms with Crippen molar-refractivity contribution in [2.75, 3.05) is 25.1 Å². The van der Waals surface area contributed by atoms with Crippen molar-refractivity contribution >= 4 is 17.6 Å². The Morgan fingerprint density at radius 3 is 2.96 bits per heavy atom. The molecule has 0 aliphatic carbocycles. The number of hydrogen-bond acceptors (Lipinski definition) is 5. The fourth-order valence-electron chi connectivity index (χ4n) is 3.00. The Morgan fingerprint density at radius 1 is 1.44 bits per heavy atom. The summed E-state index contributed by atoms with van der Waals surface area (Å²) in [5.74, 6) is -0.383. The highest BCUT2D eigenvalue weighted by atomic mass is 16.5. The first-order valence-electron chi connectivity index (χ1n) is 7.96. The number of hydrogen-bond donors (Lipinski definition) is 2. The second-order valence-electron chi connectivity index (χ2n) is 5.91. The Balaban J connectivity index is 1.75. The number of piperazine rings is 1. The van der Waals surface area contributed by atoms with E-state index in [1.807, 2.05) is 36.1 Å². The fourth-order valence-corrected chi connectivity index (χ4v) is 3.00. The maximum Gasteiger partial charge on any atom is 0.354 e. The summed E-state index contributed by atoms with van der Waals surface area (Å²) in [4.78, 5) is 27.7. The van der Waals surface area contributed by atoms with Gasteiger partial charge in [0.2, 0.25) is 5.91 Å². The number of nitrogens with zero attached hydrogens (tertiary/aromatic N) is 3. The number of carboxylic acid groups (broad SMARTS) is 1. The number of amides is 1. The number of carbonyl (C=O) groups excluding carboxylic acids is 1. The van der Waals surface area contributed by atoms with Gasteiger partial charge in [-0.1, -0.05) is 6.07 Å². The van der Waals surface area contributed by atoms with Crippen LogP contribution in [0.25, 0.3) is 0 Å². The van der Waals surface area contributed by atoms with E-state index in [4.69, 9.17) is 9.84 Å². The molecule has 25 heavy (non-hydrogen) atoms. The van der Waals surface area contributed by atoms with Crippen molar-refractivity contribution in [3.05, 3.63) is 41.7 Å². The molecule has 3 rings (SSSR count). The van der Waals surface area contributed by atoms with Crippen molar-refractivity contribution in [3.8, 4) is 5.75 Å². The Bertz CT molecular complexity index is 788. The number of H-pyrrole nitrogens is 1. The van der Waals surface area contributed by atoms with Crippen LogP contribution in [-0.2, 0) is 11.3 Å². The lowest BCUT2D eigenvalue weighted by atomic mass is 10.1. The highest BCUT2D eigenvalue weighted by Gasteiger charge is 2.33. The minimum Gasteiger partial charge on any atom is -0.497 e. The highest BCUT2D eigenvalue weighted by molar-refractivity contribution is 5.98. The molecule has 8 nitrogen and oxygen atoms in total. The molecule has 132 valence electrons. The fraction of sp³-hybridized carbons (Fsp3) is 0.353. The van der Waals surface area contributed by atoms with Gasteiger partial charge in [0.05, 0.1) is 19.3 Å². The van der Waals surface area contributed by atoms with Crippen molar-refractivity contribution in [2.24, 2.45) is 0 Å². The summed E-state index contributed by atoms with van der Waals surface area (Å²) < 4.78 is 5.22. The number of carboxylic acids is 1. The summed E-state index contributed by atoms with van der Waals surface area (Å²) in [5.41, 5.74) is 1.43. The van der Waals surface area contributed by atoms with Crippen LogP contribution in [0.3, 0.4) is 0 Å². The third-order valence-electron chi connectivity index (χ3n) is 4.45. The first-order chi connectivity index (χ1) is 12.0. The van der Waals surface area contributed by atoms with Crippen LogP contribution in [0.1, 0.15) is 23.0 Å². The van der Waals surface area contributed by atoms with Crippen molar-refractivity contribution in [1.82, 2.24) is 15.1 Å². The van der Waals surface area contributed by atoms with Gasteiger partial charge in [-0.15, -0.1) is 0 Å². The van der Waals surface area contributed by atoms with Crippen LogP contribution in [0.2, 0.25) is 0 Å². The molecule has 8 heteroatoms. The molecule has 2 N–H and O–H groups in total. The number of ether oxygens (including phenoxy) is 1. The average Bonchev–Trinajstić information content (AvgIpc) is 3.07. The number of anilines is 1. The summed E-state index contributed by atoms with van der Waals surface area (Å²) in [6.45, 7) is 3.34. The number of benzene rings is 1. The van der Waals surface area contributed by atoms with Gasteiger partial charge in [0.25, 0.3) is 0 Å². The van der Waals surface area contributed by atoms with E-state index < -0.39 is 5.97 Å². The summed E-state index contributed by atoms with van der Waals surface area (Å²) in [6, 6.07) is 7.03. The molecule has 1 aromatic carbocycles. The van der Waals surface area contributed by atoms with E-state index in [1.165, 1.54) is 6.20 Å². The van der Waals surface area contributed by atoms with Gasteiger partial charge in [0, 0.05) is 37.0 Å². The second-order valence-corrected chi connectivity index (χ2v) is 5.91. The van der Waals surface area contributed by atoms with E-state index in [2.05, 4.69) is 10.2 Å². The quantitative estimate of drug-likeness (QED) is 0.850. The molecular weight excluding hydrogens is 324 g/mol. The number of nitrogens with one attached hydrogen (secondary N) is 1. The van der Waals surface area contributed by atoms with Gasteiger partial charge in [-0.25, -0.2) is 4.79 Å². The number of rotatable bonds is 5. The summed E-state index contributed by atoms with van der Waals surface area (Å²) in [6.07, 6.45) is 1.50. The zero-order valence-electron chi connectivity index (χ0n) is 14.1. The molecule has 0 bridgehead atoms. The lowest BCUT2D eigenvalue weighted by Gasteiger charge is -2.39. The van der Waals surface area contributed by atoms with E-state index in [9.17, 15) is 9.59 Å². The molecule has 1 fully saturated rings. The molecule has 0 saturated carbocycles. The van der Waals surface area contributed by atoms with Crippen molar-refractivity contribution in [3.63, 3.8) is 0 Å². The molecule has 1 aromatic heterocycles. The minimum atomic E-state index is -1.05. The predicted molar refractivity (Wildman–Crippen MR) is 90.8 cm³/mol. The van der Waals surface area contributed by atoms with E-state index in [-0.39, 0.29) is 17.6 Å². The van der Waals surface area contributed by atoms with E-state index >= 15 is 0 Å². The monoisotopic (exact) mass is 344 g/mol. The number of aromatic nitrogens is 2. The van der Waals surface area contributed by atoms with E-state index in [0.717, 1.165) is 5.69 Å². The molecule has 1 aliphatic heterocycles. The zero-order valence-corrected chi connectivity index (χ0v) is 14.1. The van der Waals surface area contributed by atoms with Gasteiger partial charge in [-0.3, -0.25) is 14.8 Å². The Kier molecular flexibility index (Phi) is 4.71. The maximum atomic E-state index is 12.8. The summed E-state index contributed by atoms with van der Waals surface area (Å²) >= 11 is 0. The number of aromatic carboxylic acids is 1.